The van der Waals surface area contributed by atoms with E-state index >= 15 is 0 Å². The van der Waals surface area contributed by atoms with Crippen LogP contribution in [0.4, 0.5) is 0 Å². The van der Waals surface area contributed by atoms with E-state index in [4.69, 9.17) is 21.1 Å². The first-order valence-electron chi connectivity index (χ1n) is 8.84. The minimum absolute atomic E-state index is 0.110. The van der Waals surface area contributed by atoms with Gasteiger partial charge >= 0.3 is 0 Å². The number of benzene rings is 1. The third kappa shape index (κ3) is 3.08. The monoisotopic (exact) mass is 375 g/mol. The number of halogens is 1. The van der Waals surface area contributed by atoms with Crippen LogP contribution in [-0.4, -0.2) is 45.9 Å². The molecule has 0 N–H and O–H groups in total. The van der Waals surface area contributed by atoms with Crippen molar-refractivity contribution in [2.24, 2.45) is 0 Å². The zero-order valence-corrected chi connectivity index (χ0v) is 15.7. The molecule has 1 saturated heterocycles. The molecule has 0 spiro atoms. The third-order valence-electron chi connectivity index (χ3n) is 4.94. The van der Waals surface area contributed by atoms with Crippen LogP contribution in [0.5, 0.6) is 5.88 Å². The Morgan fingerprint density at radius 2 is 2.15 bits per heavy atom. The minimum Gasteiger partial charge on any atom is -0.478 e. The van der Waals surface area contributed by atoms with E-state index in [9.17, 15) is 4.79 Å². The van der Waals surface area contributed by atoms with Gasteiger partial charge in [0.25, 0.3) is 5.91 Å². The lowest BCUT2D eigenvalue weighted by Gasteiger charge is -2.45. The predicted octanol–water partition coefficient (Wildman–Crippen LogP) is 3.31. The highest BCUT2D eigenvalue weighted by Crippen LogP contribution is 2.34. The molecule has 1 fully saturated rings. The molecule has 1 amide bonds. The molecule has 0 bridgehead atoms. The maximum absolute atomic E-state index is 13.2. The topological polar surface area (TPSA) is 56.6 Å². The summed E-state index contributed by atoms with van der Waals surface area (Å²) in [6.07, 6.45) is 0.647. The summed E-state index contributed by atoms with van der Waals surface area (Å²) in [6.45, 7) is 6.30. The molecule has 1 atom stereocenters. The summed E-state index contributed by atoms with van der Waals surface area (Å²) in [5.74, 6) is 0.550. The van der Waals surface area contributed by atoms with Crippen LogP contribution in [-0.2, 0) is 11.3 Å². The van der Waals surface area contributed by atoms with Gasteiger partial charge in [0.2, 0.25) is 5.88 Å². The lowest BCUT2D eigenvalue weighted by atomic mass is 9.97. The molecule has 4 rings (SSSR count). The van der Waals surface area contributed by atoms with E-state index < -0.39 is 5.54 Å². The lowest BCUT2D eigenvalue weighted by molar-refractivity contribution is -0.0848. The van der Waals surface area contributed by atoms with Crippen LogP contribution in [0.25, 0.3) is 0 Å². The Kier molecular flexibility index (Phi) is 4.40. The summed E-state index contributed by atoms with van der Waals surface area (Å²) in [5.41, 5.74) is 0.879. The fraction of sp³-hybridized carbons (Fsp3) is 0.474. The van der Waals surface area contributed by atoms with Crippen molar-refractivity contribution < 1.29 is 14.3 Å². The van der Waals surface area contributed by atoms with E-state index in [0.717, 1.165) is 18.5 Å². The highest BCUT2D eigenvalue weighted by atomic mass is 35.5. The van der Waals surface area contributed by atoms with Crippen molar-refractivity contribution in [1.29, 1.82) is 0 Å². The quantitative estimate of drug-likeness (QED) is 0.808. The normalized spacial score (nSPS) is 21.8. The van der Waals surface area contributed by atoms with Gasteiger partial charge in [0.15, 0.2) is 5.69 Å². The molecule has 1 aromatic heterocycles. The van der Waals surface area contributed by atoms with Crippen LogP contribution < -0.4 is 4.74 Å². The molecule has 7 heteroatoms. The van der Waals surface area contributed by atoms with Crippen LogP contribution in [0.3, 0.4) is 0 Å². The first kappa shape index (κ1) is 17.4. The SMILES string of the molecule is CC1(C)CO[C@H](c2ccccc2Cl)CN1C(=O)c1cc2n(n1)CCCO2. The van der Waals surface area contributed by atoms with E-state index in [0.29, 0.717) is 36.4 Å². The van der Waals surface area contributed by atoms with E-state index in [1.807, 2.05) is 43.0 Å². The van der Waals surface area contributed by atoms with E-state index in [2.05, 4.69) is 5.10 Å². The number of rotatable bonds is 2. The minimum atomic E-state index is -0.431. The first-order valence-corrected chi connectivity index (χ1v) is 9.22. The number of aromatic nitrogens is 2. The second-order valence-electron chi connectivity index (χ2n) is 7.34. The Balaban J connectivity index is 1.61. The predicted molar refractivity (Wildman–Crippen MR) is 97.6 cm³/mol. The molecular weight excluding hydrogens is 354 g/mol. The number of nitrogens with zero attached hydrogens (tertiary/aromatic N) is 3. The summed E-state index contributed by atoms with van der Waals surface area (Å²) in [5, 5.41) is 5.09. The van der Waals surface area contributed by atoms with Crippen molar-refractivity contribution in [3.8, 4) is 5.88 Å². The second-order valence-corrected chi connectivity index (χ2v) is 7.75. The molecule has 0 unspecified atom stereocenters. The highest BCUT2D eigenvalue weighted by Gasteiger charge is 2.40. The average Bonchev–Trinajstić information content (AvgIpc) is 3.06. The maximum atomic E-state index is 13.2. The lowest BCUT2D eigenvalue weighted by Crippen LogP contribution is -2.56. The molecular formula is C19H22ClN3O3. The Hall–Kier alpha value is -2.05. The zero-order valence-electron chi connectivity index (χ0n) is 14.9. The zero-order chi connectivity index (χ0) is 18.3. The molecule has 1 aromatic carbocycles. The van der Waals surface area contributed by atoms with Crippen LogP contribution in [0, 0.1) is 0 Å². The number of fused-ring (bicyclic) bond motifs is 1. The number of carbonyl (C=O) groups is 1. The van der Waals surface area contributed by atoms with E-state index in [-0.39, 0.29) is 12.0 Å². The Morgan fingerprint density at radius 1 is 1.35 bits per heavy atom. The number of morpholine rings is 1. The molecule has 2 aliphatic heterocycles. The fourth-order valence-electron chi connectivity index (χ4n) is 3.44. The third-order valence-corrected chi connectivity index (χ3v) is 5.28. The van der Waals surface area contributed by atoms with Gasteiger partial charge in [0.1, 0.15) is 6.10 Å². The fourth-order valence-corrected chi connectivity index (χ4v) is 3.70. The molecule has 0 radical (unpaired) electrons. The summed E-state index contributed by atoms with van der Waals surface area (Å²) in [6, 6.07) is 9.33. The van der Waals surface area contributed by atoms with Crippen LogP contribution in [0.1, 0.15) is 42.4 Å². The van der Waals surface area contributed by atoms with E-state index in [1.165, 1.54) is 0 Å². The van der Waals surface area contributed by atoms with Gasteiger partial charge in [0.05, 0.1) is 25.3 Å². The van der Waals surface area contributed by atoms with Crippen LogP contribution in [0.2, 0.25) is 5.02 Å². The Morgan fingerprint density at radius 3 is 2.92 bits per heavy atom. The summed E-state index contributed by atoms with van der Waals surface area (Å²) in [7, 11) is 0. The summed E-state index contributed by atoms with van der Waals surface area (Å²) < 4.78 is 13.4. The molecule has 26 heavy (non-hydrogen) atoms. The van der Waals surface area contributed by atoms with Gasteiger partial charge in [-0.25, -0.2) is 4.68 Å². The second kappa shape index (κ2) is 6.59. The number of ether oxygens (including phenoxy) is 2. The van der Waals surface area contributed by atoms with Crippen molar-refractivity contribution in [2.45, 2.75) is 38.5 Å². The van der Waals surface area contributed by atoms with Crippen molar-refractivity contribution in [1.82, 2.24) is 14.7 Å². The summed E-state index contributed by atoms with van der Waals surface area (Å²) in [4.78, 5) is 15.0. The number of aryl methyl sites for hydroxylation is 1. The van der Waals surface area contributed by atoms with Crippen LogP contribution >= 0.6 is 11.6 Å². The standard InChI is InChI=1S/C19H22ClN3O3/c1-19(2)12-26-16(13-6-3-4-7-14(13)20)11-22(19)18(24)15-10-17-23(21-15)8-5-9-25-17/h3-4,6-7,10,16H,5,8-9,11-12H2,1-2H3/t16-/m0/s1. The van der Waals surface area contributed by atoms with E-state index in [1.54, 1.807) is 10.7 Å². The molecule has 0 aliphatic carbocycles. The van der Waals surface area contributed by atoms with Crippen molar-refractivity contribution >= 4 is 17.5 Å². The largest absolute Gasteiger partial charge is 0.478 e. The molecule has 6 nitrogen and oxygen atoms in total. The molecule has 138 valence electrons. The summed E-state index contributed by atoms with van der Waals surface area (Å²) >= 11 is 6.33. The Labute approximate surface area is 157 Å². The van der Waals surface area contributed by atoms with Crippen molar-refractivity contribution in [2.75, 3.05) is 19.8 Å². The van der Waals surface area contributed by atoms with Gasteiger partial charge in [0, 0.05) is 29.6 Å². The number of hydrogen-bond donors (Lipinski definition) is 0. The molecule has 3 heterocycles. The smallest absolute Gasteiger partial charge is 0.275 e. The number of carbonyl (C=O) groups excluding carboxylic acids is 1. The highest BCUT2D eigenvalue weighted by molar-refractivity contribution is 6.31. The van der Waals surface area contributed by atoms with Gasteiger partial charge in [-0.15, -0.1) is 0 Å². The van der Waals surface area contributed by atoms with Gasteiger partial charge in [-0.1, -0.05) is 29.8 Å². The molecule has 2 aromatic rings. The molecule has 2 aliphatic rings. The van der Waals surface area contributed by atoms with Gasteiger partial charge in [-0.2, -0.15) is 5.10 Å². The number of hydrogen-bond acceptors (Lipinski definition) is 4. The van der Waals surface area contributed by atoms with Gasteiger partial charge in [-0.05, 0) is 19.9 Å². The van der Waals surface area contributed by atoms with Gasteiger partial charge in [-0.3, -0.25) is 4.79 Å². The van der Waals surface area contributed by atoms with Gasteiger partial charge < -0.3 is 14.4 Å². The van der Waals surface area contributed by atoms with Crippen LogP contribution in [0.15, 0.2) is 30.3 Å². The first-order chi connectivity index (χ1) is 12.5. The maximum Gasteiger partial charge on any atom is 0.275 e. The number of amides is 1. The molecule has 0 saturated carbocycles. The Bertz CT molecular complexity index is 810. The average molecular weight is 376 g/mol. The van der Waals surface area contributed by atoms with Crippen molar-refractivity contribution in [3.05, 3.63) is 46.6 Å². The van der Waals surface area contributed by atoms with Crippen molar-refractivity contribution in [3.63, 3.8) is 0 Å².